The van der Waals surface area contributed by atoms with Gasteiger partial charge in [0.1, 0.15) is 5.75 Å². The number of hydrogen-bond donors (Lipinski definition) is 1. The van der Waals surface area contributed by atoms with Gasteiger partial charge in [-0.2, -0.15) is 13.2 Å². The second-order valence-corrected chi connectivity index (χ2v) is 4.03. The lowest BCUT2D eigenvalue weighted by Crippen LogP contribution is -2.14. The monoisotopic (exact) mass is 273 g/mol. The fourth-order valence-electron chi connectivity index (χ4n) is 1.56. The topological polar surface area (TPSA) is 21.3 Å². The maximum absolute atomic E-state index is 12.9. The van der Waals surface area contributed by atoms with E-state index in [0.29, 0.717) is 25.1 Å². The first-order valence-electron chi connectivity index (χ1n) is 6.13. The third-order valence-corrected chi connectivity index (χ3v) is 2.51. The van der Waals surface area contributed by atoms with E-state index >= 15 is 0 Å². The summed E-state index contributed by atoms with van der Waals surface area (Å²) in [5, 5.41) is 2.99. The smallest absolute Gasteiger partial charge is 0.419 e. The van der Waals surface area contributed by atoms with E-state index in [9.17, 15) is 13.2 Å². The van der Waals surface area contributed by atoms with Crippen LogP contribution >= 0.6 is 0 Å². The van der Waals surface area contributed by atoms with Gasteiger partial charge in [-0.1, -0.05) is 19.1 Å². The van der Waals surface area contributed by atoms with Crippen LogP contribution in [0.3, 0.4) is 0 Å². The van der Waals surface area contributed by atoms with Crippen molar-refractivity contribution in [3.8, 4) is 5.75 Å². The standard InChI is InChI=1S/C14H18F3NO/c1-3-5-8-19-13-7-6-11(10-18-4-2)9-12(13)14(15,16)17/h3,6-7,9,18H,1,4-5,8,10H2,2H3. The van der Waals surface area contributed by atoms with Crippen LogP contribution in [0.4, 0.5) is 13.2 Å². The van der Waals surface area contributed by atoms with Gasteiger partial charge >= 0.3 is 6.18 Å². The molecule has 0 atom stereocenters. The number of rotatable bonds is 7. The van der Waals surface area contributed by atoms with Gasteiger partial charge in [-0.05, 0) is 30.7 Å². The molecule has 106 valence electrons. The summed E-state index contributed by atoms with van der Waals surface area (Å²) in [5.74, 6) is -0.130. The third kappa shape index (κ3) is 4.95. The van der Waals surface area contributed by atoms with Crippen LogP contribution in [0.2, 0.25) is 0 Å². The molecule has 0 aliphatic rings. The fraction of sp³-hybridized carbons (Fsp3) is 0.429. The highest BCUT2D eigenvalue weighted by Crippen LogP contribution is 2.36. The number of ether oxygens (including phenoxy) is 1. The van der Waals surface area contributed by atoms with E-state index in [0.717, 1.165) is 6.07 Å². The van der Waals surface area contributed by atoms with Crippen molar-refractivity contribution in [2.45, 2.75) is 26.1 Å². The van der Waals surface area contributed by atoms with Crippen molar-refractivity contribution in [3.63, 3.8) is 0 Å². The van der Waals surface area contributed by atoms with Gasteiger partial charge in [0.05, 0.1) is 12.2 Å². The Balaban J connectivity index is 2.93. The molecule has 2 nitrogen and oxygen atoms in total. The van der Waals surface area contributed by atoms with Crippen LogP contribution in [0.15, 0.2) is 30.9 Å². The van der Waals surface area contributed by atoms with E-state index in [-0.39, 0.29) is 12.4 Å². The first-order chi connectivity index (χ1) is 8.99. The maximum Gasteiger partial charge on any atom is 0.419 e. The molecular weight excluding hydrogens is 255 g/mol. The minimum atomic E-state index is -4.41. The summed E-state index contributed by atoms with van der Waals surface area (Å²) in [6, 6.07) is 4.14. The lowest BCUT2D eigenvalue weighted by atomic mass is 10.1. The Labute approximate surface area is 111 Å². The van der Waals surface area contributed by atoms with Crippen LogP contribution in [0.5, 0.6) is 5.75 Å². The predicted octanol–water partition coefficient (Wildman–Crippen LogP) is 3.77. The van der Waals surface area contributed by atoms with E-state index in [2.05, 4.69) is 11.9 Å². The average Bonchev–Trinajstić information content (AvgIpc) is 2.36. The van der Waals surface area contributed by atoms with E-state index in [1.165, 1.54) is 6.07 Å². The molecule has 0 unspecified atom stereocenters. The van der Waals surface area contributed by atoms with Gasteiger partial charge in [0.25, 0.3) is 0 Å². The molecule has 5 heteroatoms. The minimum Gasteiger partial charge on any atom is -0.493 e. The highest BCUT2D eigenvalue weighted by atomic mass is 19.4. The fourth-order valence-corrected chi connectivity index (χ4v) is 1.56. The van der Waals surface area contributed by atoms with E-state index in [1.807, 2.05) is 6.92 Å². The second kappa shape index (κ2) is 7.19. The lowest BCUT2D eigenvalue weighted by molar-refractivity contribution is -0.139. The Hall–Kier alpha value is -1.49. The Bertz CT molecular complexity index is 416. The van der Waals surface area contributed by atoms with Gasteiger partial charge < -0.3 is 10.1 Å². The molecule has 0 saturated heterocycles. The SMILES string of the molecule is C=CCCOc1ccc(CNCC)cc1C(F)(F)F. The summed E-state index contributed by atoms with van der Waals surface area (Å²) < 4.78 is 44.0. The van der Waals surface area contributed by atoms with Crippen molar-refractivity contribution in [1.29, 1.82) is 0 Å². The number of hydrogen-bond acceptors (Lipinski definition) is 2. The van der Waals surface area contributed by atoms with Gasteiger partial charge in [0.15, 0.2) is 0 Å². The molecule has 1 aromatic rings. The predicted molar refractivity (Wildman–Crippen MR) is 69.1 cm³/mol. The largest absolute Gasteiger partial charge is 0.493 e. The van der Waals surface area contributed by atoms with Crippen molar-refractivity contribution in [3.05, 3.63) is 42.0 Å². The van der Waals surface area contributed by atoms with Gasteiger partial charge in [0, 0.05) is 6.54 Å². The zero-order valence-corrected chi connectivity index (χ0v) is 10.9. The molecule has 0 heterocycles. The molecule has 1 rings (SSSR count). The van der Waals surface area contributed by atoms with E-state index < -0.39 is 11.7 Å². The molecule has 0 amide bonds. The molecule has 0 bridgehead atoms. The molecule has 1 N–H and O–H groups in total. The summed E-state index contributed by atoms with van der Waals surface area (Å²) in [7, 11) is 0. The molecule has 0 fully saturated rings. The molecule has 19 heavy (non-hydrogen) atoms. The summed E-state index contributed by atoms with van der Waals surface area (Å²) in [5.41, 5.74) is -0.141. The van der Waals surface area contributed by atoms with Crippen molar-refractivity contribution >= 4 is 0 Å². The summed E-state index contributed by atoms with van der Waals surface area (Å²) in [6.07, 6.45) is -2.30. The van der Waals surface area contributed by atoms with Crippen molar-refractivity contribution in [2.24, 2.45) is 0 Å². The molecular formula is C14H18F3NO. The van der Waals surface area contributed by atoms with Gasteiger partial charge in [-0.3, -0.25) is 0 Å². The number of nitrogens with one attached hydrogen (secondary N) is 1. The number of benzene rings is 1. The zero-order valence-electron chi connectivity index (χ0n) is 10.9. The summed E-state index contributed by atoms with van der Waals surface area (Å²) >= 11 is 0. The highest BCUT2D eigenvalue weighted by Gasteiger charge is 2.34. The van der Waals surface area contributed by atoms with Crippen LogP contribution in [0.1, 0.15) is 24.5 Å². The third-order valence-electron chi connectivity index (χ3n) is 2.51. The van der Waals surface area contributed by atoms with Crippen LogP contribution < -0.4 is 10.1 Å². The van der Waals surface area contributed by atoms with Crippen LogP contribution in [-0.2, 0) is 12.7 Å². The molecule has 0 aromatic heterocycles. The van der Waals surface area contributed by atoms with Crippen molar-refractivity contribution < 1.29 is 17.9 Å². The molecule has 0 aliphatic heterocycles. The molecule has 0 saturated carbocycles. The van der Waals surface area contributed by atoms with Crippen molar-refractivity contribution in [2.75, 3.05) is 13.2 Å². The normalized spacial score (nSPS) is 11.4. The Morgan fingerprint density at radius 1 is 1.37 bits per heavy atom. The average molecular weight is 273 g/mol. The van der Waals surface area contributed by atoms with Gasteiger partial charge in [-0.15, -0.1) is 6.58 Å². The summed E-state index contributed by atoms with van der Waals surface area (Å²) in [4.78, 5) is 0. The molecule has 0 aliphatic carbocycles. The van der Waals surface area contributed by atoms with Crippen LogP contribution in [0.25, 0.3) is 0 Å². The first-order valence-corrected chi connectivity index (χ1v) is 6.13. The number of alkyl halides is 3. The zero-order chi connectivity index (χ0) is 14.3. The number of halogens is 3. The molecule has 0 spiro atoms. The Kier molecular flexibility index (Phi) is 5.89. The maximum atomic E-state index is 12.9. The first kappa shape index (κ1) is 15.6. The van der Waals surface area contributed by atoms with E-state index in [1.54, 1.807) is 12.1 Å². The van der Waals surface area contributed by atoms with E-state index in [4.69, 9.17) is 4.74 Å². The highest BCUT2D eigenvalue weighted by molar-refractivity contribution is 5.39. The van der Waals surface area contributed by atoms with Gasteiger partial charge in [-0.25, -0.2) is 0 Å². The van der Waals surface area contributed by atoms with Crippen molar-refractivity contribution in [1.82, 2.24) is 5.32 Å². The van der Waals surface area contributed by atoms with Gasteiger partial charge in [0.2, 0.25) is 0 Å². The van der Waals surface area contributed by atoms with Crippen LogP contribution in [0, 0.1) is 0 Å². The summed E-state index contributed by atoms with van der Waals surface area (Å²) in [6.45, 7) is 6.71. The Morgan fingerprint density at radius 3 is 2.68 bits per heavy atom. The van der Waals surface area contributed by atoms with Crippen LogP contribution in [-0.4, -0.2) is 13.2 Å². The Morgan fingerprint density at radius 2 is 2.11 bits per heavy atom. The second-order valence-electron chi connectivity index (χ2n) is 4.03. The minimum absolute atomic E-state index is 0.130. The lowest BCUT2D eigenvalue weighted by Gasteiger charge is -2.15. The molecule has 0 radical (unpaired) electrons. The quantitative estimate of drug-likeness (QED) is 0.603. The molecule has 1 aromatic carbocycles.